The lowest BCUT2D eigenvalue weighted by molar-refractivity contribution is -0.137. The molecule has 2 aromatic heterocycles. The van der Waals surface area contributed by atoms with Crippen LogP contribution < -0.4 is 0 Å². The van der Waals surface area contributed by atoms with Gasteiger partial charge in [-0.2, -0.15) is 28.6 Å². The summed E-state index contributed by atoms with van der Waals surface area (Å²) >= 11 is 0. The maximum Gasteiger partial charge on any atom is 0.416 e. The highest BCUT2D eigenvalue weighted by molar-refractivity contribution is 5.65. The van der Waals surface area contributed by atoms with Crippen molar-refractivity contribution in [3.05, 3.63) is 53.9 Å². The average Bonchev–Trinajstić information content (AvgIpc) is 2.93. The van der Waals surface area contributed by atoms with E-state index in [2.05, 4.69) is 20.4 Å². The molecule has 4 nitrogen and oxygen atoms in total. The normalized spacial score (nSPS) is 11.6. The summed E-state index contributed by atoms with van der Waals surface area (Å²) in [5.74, 6) is 0. The van der Waals surface area contributed by atoms with E-state index in [0.29, 0.717) is 17.0 Å². The van der Waals surface area contributed by atoms with E-state index in [0.717, 1.165) is 23.4 Å². The Hall–Kier alpha value is -2.70. The maximum absolute atomic E-state index is 12.7. The zero-order valence-electron chi connectivity index (χ0n) is 11.5. The van der Waals surface area contributed by atoms with E-state index >= 15 is 0 Å². The Kier molecular flexibility index (Phi) is 3.40. The van der Waals surface area contributed by atoms with E-state index in [1.807, 2.05) is 0 Å². The predicted molar refractivity (Wildman–Crippen MR) is 74.8 cm³/mol. The molecule has 3 aromatic rings. The number of rotatable bonds is 2. The van der Waals surface area contributed by atoms with Crippen LogP contribution in [0.2, 0.25) is 0 Å². The molecule has 0 amide bonds. The summed E-state index contributed by atoms with van der Waals surface area (Å²) in [6.07, 6.45) is -2.80. The van der Waals surface area contributed by atoms with Crippen molar-refractivity contribution in [2.75, 3.05) is 0 Å². The zero-order valence-corrected chi connectivity index (χ0v) is 11.5. The van der Waals surface area contributed by atoms with E-state index < -0.39 is 11.7 Å². The van der Waals surface area contributed by atoms with Gasteiger partial charge >= 0.3 is 6.18 Å². The lowest BCUT2D eigenvalue weighted by Gasteiger charge is -2.08. The van der Waals surface area contributed by atoms with Gasteiger partial charge in [-0.05, 0) is 31.2 Å². The smallest absolute Gasteiger partial charge is 0.256 e. The van der Waals surface area contributed by atoms with E-state index in [1.165, 1.54) is 6.07 Å². The van der Waals surface area contributed by atoms with Gasteiger partial charge in [-0.1, -0.05) is 12.1 Å². The first-order valence-electron chi connectivity index (χ1n) is 6.46. The lowest BCUT2D eigenvalue weighted by Crippen LogP contribution is -2.04. The number of aromatic amines is 1. The number of aryl methyl sites for hydroxylation is 1. The van der Waals surface area contributed by atoms with E-state index in [9.17, 15) is 13.2 Å². The van der Waals surface area contributed by atoms with Gasteiger partial charge < -0.3 is 0 Å². The van der Waals surface area contributed by atoms with E-state index in [1.54, 1.807) is 31.3 Å². The molecule has 0 atom stereocenters. The first kappa shape index (κ1) is 14.2. The monoisotopic (exact) mass is 304 g/mol. The van der Waals surface area contributed by atoms with Crippen molar-refractivity contribution in [1.29, 1.82) is 0 Å². The second-order valence-corrected chi connectivity index (χ2v) is 4.77. The van der Waals surface area contributed by atoms with E-state index in [-0.39, 0.29) is 0 Å². The fourth-order valence-electron chi connectivity index (χ4n) is 2.12. The number of H-pyrrole nitrogens is 1. The molecule has 0 radical (unpaired) electrons. The minimum absolute atomic E-state index is 0.415. The molecule has 0 saturated heterocycles. The van der Waals surface area contributed by atoms with Crippen molar-refractivity contribution in [3.8, 4) is 22.5 Å². The molecule has 112 valence electrons. The Morgan fingerprint density at radius 1 is 1.00 bits per heavy atom. The van der Waals surface area contributed by atoms with Gasteiger partial charge in [-0.25, -0.2) is 0 Å². The van der Waals surface area contributed by atoms with Crippen molar-refractivity contribution in [2.45, 2.75) is 13.1 Å². The number of hydrogen-bond donors (Lipinski definition) is 1. The summed E-state index contributed by atoms with van der Waals surface area (Å²) in [5, 5.41) is 10.4. The number of halogens is 3. The van der Waals surface area contributed by atoms with Gasteiger partial charge in [-0.3, -0.25) is 4.98 Å². The van der Waals surface area contributed by atoms with Crippen molar-refractivity contribution in [1.82, 2.24) is 20.4 Å². The third-order valence-electron chi connectivity index (χ3n) is 3.24. The standard InChI is InChI=1S/C15H11F3N4/c1-9-14(21-22-20-9)11-5-6-13(19-8-11)10-3-2-4-12(7-10)15(16,17)18/h2-8H,1H3,(H,20,21,22). The minimum atomic E-state index is -4.37. The number of benzene rings is 1. The molecule has 3 rings (SSSR count). The number of nitrogens with zero attached hydrogens (tertiary/aromatic N) is 3. The second kappa shape index (κ2) is 5.25. The highest BCUT2D eigenvalue weighted by Crippen LogP contribution is 2.32. The SMILES string of the molecule is Cc1n[nH]nc1-c1ccc(-c2cccc(C(F)(F)F)c2)nc1. The minimum Gasteiger partial charge on any atom is -0.256 e. The summed E-state index contributed by atoms with van der Waals surface area (Å²) in [5.41, 5.74) is 2.34. The van der Waals surface area contributed by atoms with Crippen LogP contribution in [0.25, 0.3) is 22.5 Å². The molecule has 1 aromatic carbocycles. The molecule has 0 saturated carbocycles. The summed E-state index contributed by atoms with van der Waals surface area (Å²) in [6.45, 7) is 1.81. The third kappa shape index (κ3) is 2.69. The van der Waals surface area contributed by atoms with Gasteiger partial charge in [0.2, 0.25) is 0 Å². The molecule has 1 N–H and O–H groups in total. The van der Waals surface area contributed by atoms with Crippen LogP contribution >= 0.6 is 0 Å². The molecule has 7 heteroatoms. The molecular weight excluding hydrogens is 293 g/mol. The van der Waals surface area contributed by atoms with Crippen LogP contribution in [0.5, 0.6) is 0 Å². The maximum atomic E-state index is 12.7. The quantitative estimate of drug-likeness (QED) is 0.782. The number of pyridine rings is 1. The average molecular weight is 304 g/mol. The molecule has 2 heterocycles. The molecule has 0 bridgehead atoms. The number of aromatic nitrogens is 4. The van der Waals surface area contributed by atoms with Crippen LogP contribution in [-0.2, 0) is 6.18 Å². The van der Waals surface area contributed by atoms with Gasteiger partial charge in [0, 0.05) is 17.3 Å². The molecule has 0 aliphatic carbocycles. The molecule has 0 aliphatic heterocycles. The first-order valence-corrected chi connectivity index (χ1v) is 6.46. The predicted octanol–water partition coefficient (Wildman–Crippen LogP) is 3.86. The van der Waals surface area contributed by atoms with Crippen LogP contribution in [0, 0.1) is 6.92 Å². The van der Waals surface area contributed by atoms with Gasteiger partial charge in [-0.15, -0.1) is 0 Å². The highest BCUT2D eigenvalue weighted by atomic mass is 19.4. The topological polar surface area (TPSA) is 54.5 Å². The molecule has 0 fully saturated rings. The van der Waals surface area contributed by atoms with Crippen molar-refractivity contribution in [3.63, 3.8) is 0 Å². The van der Waals surface area contributed by atoms with Crippen molar-refractivity contribution >= 4 is 0 Å². The first-order chi connectivity index (χ1) is 10.4. The van der Waals surface area contributed by atoms with Crippen LogP contribution in [0.1, 0.15) is 11.3 Å². The number of nitrogens with one attached hydrogen (secondary N) is 1. The fourth-order valence-corrected chi connectivity index (χ4v) is 2.12. The van der Waals surface area contributed by atoms with Gasteiger partial charge in [0.15, 0.2) is 0 Å². The fraction of sp³-hybridized carbons (Fsp3) is 0.133. The highest BCUT2D eigenvalue weighted by Gasteiger charge is 2.30. The summed E-state index contributed by atoms with van der Waals surface area (Å²) in [4.78, 5) is 4.22. The molecular formula is C15H11F3N4. The molecule has 22 heavy (non-hydrogen) atoms. The zero-order chi connectivity index (χ0) is 15.7. The Labute approximate surface area is 124 Å². The van der Waals surface area contributed by atoms with Crippen LogP contribution in [0.15, 0.2) is 42.6 Å². The van der Waals surface area contributed by atoms with Gasteiger partial charge in [0.1, 0.15) is 5.69 Å². The van der Waals surface area contributed by atoms with Crippen LogP contribution in [0.3, 0.4) is 0 Å². The van der Waals surface area contributed by atoms with Crippen LogP contribution in [0.4, 0.5) is 13.2 Å². The van der Waals surface area contributed by atoms with Gasteiger partial charge in [0.05, 0.1) is 17.0 Å². The number of hydrogen-bond acceptors (Lipinski definition) is 3. The Morgan fingerprint density at radius 2 is 1.82 bits per heavy atom. The molecule has 0 unspecified atom stereocenters. The second-order valence-electron chi connectivity index (χ2n) is 4.77. The lowest BCUT2D eigenvalue weighted by atomic mass is 10.1. The summed E-state index contributed by atoms with van der Waals surface area (Å²) in [7, 11) is 0. The Bertz CT molecular complexity index is 791. The number of alkyl halides is 3. The van der Waals surface area contributed by atoms with E-state index in [4.69, 9.17) is 0 Å². The summed E-state index contributed by atoms with van der Waals surface area (Å²) < 4.78 is 38.2. The molecule has 0 aliphatic rings. The molecule has 0 spiro atoms. The third-order valence-corrected chi connectivity index (χ3v) is 3.24. The van der Waals surface area contributed by atoms with Crippen molar-refractivity contribution < 1.29 is 13.2 Å². The summed E-state index contributed by atoms with van der Waals surface area (Å²) in [6, 6.07) is 8.51. The largest absolute Gasteiger partial charge is 0.416 e. The Balaban J connectivity index is 1.95. The Morgan fingerprint density at radius 3 is 2.41 bits per heavy atom. The van der Waals surface area contributed by atoms with Crippen molar-refractivity contribution in [2.24, 2.45) is 0 Å². The van der Waals surface area contributed by atoms with Crippen LogP contribution in [-0.4, -0.2) is 20.4 Å². The van der Waals surface area contributed by atoms with Gasteiger partial charge in [0.25, 0.3) is 0 Å².